The van der Waals surface area contributed by atoms with Crippen LogP contribution in [0.15, 0.2) is 11.6 Å². The van der Waals surface area contributed by atoms with Crippen molar-refractivity contribution in [3.8, 4) is 0 Å². The molecule has 2 N–H and O–H groups in total. The van der Waals surface area contributed by atoms with E-state index in [1.54, 1.807) is 0 Å². The van der Waals surface area contributed by atoms with E-state index < -0.39 is 0 Å². The van der Waals surface area contributed by atoms with Gasteiger partial charge in [0.15, 0.2) is 0 Å². The van der Waals surface area contributed by atoms with Gasteiger partial charge in [0.25, 0.3) is 0 Å². The fourth-order valence-corrected chi connectivity index (χ4v) is 1.89. The van der Waals surface area contributed by atoms with Crippen molar-refractivity contribution < 1.29 is 4.79 Å². The summed E-state index contributed by atoms with van der Waals surface area (Å²) < 4.78 is 0. The van der Waals surface area contributed by atoms with Crippen molar-refractivity contribution in [2.24, 2.45) is 23.0 Å². The van der Waals surface area contributed by atoms with Crippen molar-refractivity contribution in [2.75, 3.05) is 0 Å². The Morgan fingerprint density at radius 2 is 1.92 bits per heavy atom. The number of hydrogen-bond acceptors (Lipinski definition) is 1. The first-order valence-electron chi connectivity index (χ1n) is 4.31. The van der Waals surface area contributed by atoms with E-state index in [0.717, 1.165) is 0 Å². The molecule has 0 unspecified atom stereocenters. The summed E-state index contributed by atoms with van der Waals surface area (Å²) >= 11 is 0. The second-order valence-corrected chi connectivity index (χ2v) is 4.47. The molecule has 1 amide bonds. The number of rotatable bonds is 2. The minimum atomic E-state index is -0.164. The van der Waals surface area contributed by atoms with Crippen LogP contribution in [0.4, 0.5) is 0 Å². The Balaban J connectivity index is 2.73. The van der Waals surface area contributed by atoms with Crippen LogP contribution >= 0.6 is 0 Å². The van der Waals surface area contributed by atoms with Gasteiger partial charge in [-0.05, 0) is 25.2 Å². The maximum atomic E-state index is 11.0. The topological polar surface area (TPSA) is 43.1 Å². The van der Waals surface area contributed by atoms with E-state index in [0.29, 0.717) is 5.92 Å². The number of nitrogens with two attached hydrogens (primary N) is 1. The van der Waals surface area contributed by atoms with Crippen molar-refractivity contribution in [1.82, 2.24) is 0 Å². The lowest BCUT2D eigenvalue weighted by molar-refractivity contribution is -0.119. The molecule has 1 aliphatic carbocycles. The lowest BCUT2D eigenvalue weighted by Crippen LogP contribution is -2.16. The molecule has 1 rings (SSSR count). The van der Waals surface area contributed by atoms with Gasteiger partial charge in [-0.15, -0.1) is 0 Å². The molecular formula is C10H17NO. The maximum Gasteiger partial charge on any atom is 0.221 e. The van der Waals surface area contributed by atoms with Crippen LogP contribution in [0.1, 0.15) is 27.7 Å². The Labute approximate surface area is 73.8 Å². The third-order valence-corrected chi connectivity index (χ3v) is 2.73. The fourth-order valence-electron chi connectivity index (χ4n) is 1.89. The van der Waals surface area contributed by atoms with Crippen molar-refractivity contribution in [2.45, 2.75) is 27.7 Å². The highest BCUT2D eigenvalue weighted by Crippen LogP contribution is 2.58. The lowest BCUT2D eigenvalue weighted by atomic mass is 10.1. The number of hydrogen-bond donors (Lipinski definition) is 1. The summed E-state index contributed by atoms with van der Waals surface area (Å²) in [5.74, 6) is 0.245. The Bertz CT molecular complexity index is 236. The van der Waals surface area contributed by atoms with Gasteiger partial charge in [0.1, 0.15) is 0 Å². The van der Waals surface area contributed by atoms with Gasteiger partial charge in [0, 0.05) is 0 Å². The van der Waals surface area contributed by atoms with Crippen LogP contribution in [0.25, 0.3) is 0 Å². The van der Waals surface area contributed by atoms with E-state index >= 15 is 0 Å². The second-order valence-electron chi connectivity index (χ2n) is 4.47. The van der Waals surface area contributed by atoms with Gasteiger partial charge in [-0.25, -0.2) is 0 Å². The highest BCUT2D eigenvalue weighted by molar-refractivity contribution is 5.81. The minimum absolute atomic E-state index is 0.0485. The van der Waals surface area contributed by atoms with E-state index in [9.17, 15) is 4.79 Å². The molecule has 2 nitrogen and oxygen atoms in total. The molecule has 0 spiro atoms. The molecule has 1 fully saturated rings. The summed E-state index contributed by atoms with van der Waals surface area (Å²) in [7, 11) is 0. The van der Waals surface area contributed by atoms with E-state index in [2.05, 4.69) is 19.9 Å². The highest BCUT2D eigenvalue weighted by atomic mass is 16.1. The largest absolute Gasteiger partial charge is 0.369 e. The molecule has 0 aromatic heterocycles. The molecule has 0 heterocycles. The van der Waals surface area contributed by atoms with Crippen LogP contribution in [-0.2, 0) is 4.79 Å². The van der Waals surface area contributed by atoms with Crippen LogP contribution in [-0.4, -0.2) is 5.91 Å². The van der Waals surface area contributed by atoms with Crippen molar-refractivity contribution in [1.29, 1.82) is 0 Å². The number of carbonyl (C=O) groups excluding carboxylic acids is 1. The minimum Gasteiger partial charge on any atom is -0.369 e. The Hall–Kier alpha value is -0.790. The smallest absolute Gasteiger partial charge is 0.221 e. The summed E-state index contributed by atoms with van der Waals surface area (Å²) in [4.78, 5) is 11.0. The monoisotopic (exact) mass is 167 g/mol. The van der Waals surface area contributed by atoms with Crippen LogP contribution in [0.2, 0.25) is 0 Å². The van der Waals surface area contributed by atoms with Crippen molar-refractivity contribution in [3.05, 3.63) is 11.6 Å². The average molecular weight is 167 g/mol. The zero-order chi connectivity index (χ0) is 9.52. The quantitative estimate of drug-likeness (QED) is 0.625. The van der Waals surface area contributed by atoms with E-state index in [1.807, 2.05) is 13.8 Å². The fraction of sp³-hybridized carbons (Fsp3) is 0.700. The number of allylic oxidation sites excluding steroid dienone is 2. The molecule has 0 aliphatic heterocycles. The summed E-state index contributed by atoms with van der Waals surface area (Å²) in [6.07, 6.45) is 2.15. The number of primary amides is 1. The first-order valence-corrected chi connectivity index (χ1v) is 4.31. The van der Waals surface area contributed by atoms with Gasteiger partial charge in [-0.2, -0.15) is 0 Å². The molecule has 2 atom stereocenters. The molecule has 12 heavy (non-hydrogen) atoms. The number of carbonyl (C=O) groups is 1. The summed E-state index contributed by atoms with van der Waals surface area (Å²) in [6.45, 7) is 8.28. The van der Waals surface area contributed by atoms with Crippen LogP contribution in [0, 0.1) is 17.3 Å². The first-order chi connectivity index (χ1) is 5.37. The zero-order valence-corrected chi connectivity index (χ0v) is 8.22. The van der Waals surface area contributed by atoms with Crippen LogP contribution < -0.4 is 5.73 Å². The maximum absolute atomic E-state index is 11.0. The van der Waals surface area contributed by atoms with E-state index in [1.165, 1.54) is 5.57 Å². The molecule has 0 radical (unpaired) electrons. The summed E-state index contributed by atoms with van der Waals surface area (Å²) in [5.41, 5.74) is 6.62. The molecule has 2 heteroatoms. The zero-order valence-electron chi connectivity index (χ0n) is 8.22. The van der Waals surface area contributed by atoms with E-state index in [4.69, 9.17) is 5.73 Å². The number of amides is 1. The van der Waals surface area contributed by atoms with Crippen molar-refractivity contribution >= 4 is 5.91 Å². The molecule has 1 saturated carbocycles. The Kier molecular flexibility index (Phi) is 2.02. The molecule has 68 valence electrons. The predicted molar refractivity (Wildman–Crippen MR) is 49.4 cm³/mol. The van der Waals surface area contributed by atoms with Gasteiger partial charge >= 0.3 is 0 Å². The van der Waals surface area contributed by atoms with Gasteiger partial charge in [0.2, 0.25) is 5.91 Å². The van der Waals surface area contributed by atoms with Crippen LogP contribution in [0.5, 0.6) is 0 Å². The Morgan fingerprint density at radius 1 is 1.42 bits per heavy atom. The van der Waals surface area contributed by atoms with Gasteiger partial charge in [0.05, 0.1) is 5.92 Å². The molecule has 0 bridgehead atoms. The summed E-state index contributed by atoms with van der Waals surface area (Å²) in [5, 5.41) is 0. The molecule has 0 saturated heterocycles. The van der Waals surface area contributed by atoms with Gasteiger partial charge < -0.3 is 5.73 Å². The SMILES string of the molecule is CC(C)=C[C@@H]1[C@H](C(N)=O)C1(C)C. The highest BCUT2D eigenvalue weighted by Gasteiger charge is 2.59. The Morgan fingerprint density at radius 3 is 2.17 bits per heavy atom. The molecular weight excluding hydrogens is 150 g/mol. The second kappa shape index (κ2) is 2.61. The average Bonchev–Trinajstić information content (AvgIpc) is 2.32. The molecule has 0 aromatic rings. The normalized spacial score (nSPS) is 31.0. The lowest BCUT2D eigenvalue weighted by Gasteiger charge is -1.97. The summed E-state index contributed by atoms with van der Waals surface area (Å²) in [6, 6.07) is 0. The molecule has 0 aromatic carbocycles. The molecule has 1 aliphatic rings. The standard InChI is InChI=1S/C10H17NO/c1-6(2)5-7-8(9(11)12)10(7,3)4/h5,7-8H,1-4H3,(H2,11,12)/t7-,8-/m1/s1. The van der Waals surface area contributed by atoms with Gasteiger partial charge in [-0.1, -0.05) is 25.5 Å². The predicted octanol–water partition coefficient (Wildman–Crippen LogP) is 1.71. The third-order valence-electron chi connectivity index (χ3n) is 2.73. The van der Waals surface area contributed by atoms with Crippen molar-refractivity contribution in [3.63, 3.8) is 0 Å². The van der Waals surface area contributed by atoms with Gasteiger partial charge in [-0.3, -0.25) is 4.79 Å². The van der Waals surface area contributed by atoms with E-state index in [-0.39, 0.29) is 17.2 Å². The third kappa shape index (κ3) is 1.38. The van der Waals surface area contributed by atoms with Crippen LogP contribution in [0.3, 0.4) is 0 Å². The first kappa shape index (κ1) is 9.30.